The van der Waals surface area contributed by atoms with E-state index < -0.39 is 0 Å². The number of nitrogens with one attached hydrogen (secondary N) is 1. The third-order valence-corrected chi connectivity index (χ3v) is 6.22. The highest BCUT2D eigenvalue weighted by Crippen LogP contribution is 2.33. The second-order valence-corrected chi connectivity index (χ2v) is 7.80. The van der Waals surface area contributed by atoms with E-state index in [-0.39, 0.29) is 5.91 Å². The average molecular weight is 359 g/mol. The molecular formula is C16H17N5OS2. The molecule has 1 amide bonds. The molecule has 6 nitrogen and oxygen atoms in total. The number of nitrogens with zero attached hydrogens (tertiary/aromatic N) is 4. The highest BCUT2D eigenvalue weighted by molar-refractivity contribution is 7.99. The SMILES string of the molecule is O=C(CSc1ncn[nH]1)N1CCC[C@@H](c2nc3ccccc3s2)C1. The highest BCUT2D eigenvalue weighted by atomic mass is 32.2. The molecule has 8 heteroatoms. The molecule has 0 spiro atoms. The Morgan fingerprint density at radius 2 is 2.33 bits per heavy atom. The van der Waals surface area contributed by atoms with Gasteiger partial charge in [0.2, 0.25) is 5.91 Å². The smallest absolute Gasteiger partial charge is 0.233 e. The number of benzene rings is 1. The van der Waals surface area contributed by atoms with Crippen LogP contribution in [0.1, 0.15) is 23.8 Å². The molecule has 1 atom stereocenters. The van der Waals surface area contributed by atoms with E-state index in [0.29, 0.717) is 16.8 Å². The summed E-state index contributed by atoms with van der Waals surface area (Å²) in [6.45, 7) is 1.59. The Bertz CT molecular complexity index is 799. The first-order valence-electron chi connectivity index (χ1n) is 7.91. The number of thiazole rings is 1. The van der Waals surface area contributed by atoms with Gasteiger partial charge in [0.1, 0.15) is 6.33 Å². The maximum atomic E-state index is 12.5. The standard InChI is InChI=1S/C16H17N5OS2/c22-14(9-23-16-17-10-18-20-16)21-7-3-4-11(8-21)15-19-12-5-1-2-6-13(12)24-15/h1-2,5-6,10-11H,3-4,7-9H2,(H,17,18,20)/t11-/m1/s1. The number of rotatable bonds is 4. The summed E-state index contributed by atoms with van der Waals surface area (Å²) in [7, 11) is 0. The molecule has 24 heavy (non-hydrogen) atoms. The topological polar surface area (TPSA) is 74.8 Å². The number of piperidine rings is 1. The number of hydrogen-bond acceptors (Lipinski definition) is 6. The summed E-state index contributed by atoms with van der Waals surface area (Å²) in [5, 5.41) is 8.40. The molecule has 0 radical (unpaired) electrons. The molecule has 124 valence electrons. The number of aromatic nitrogens is 4. The van der Waals surface area contributed by atoms with Crippen molar-refractivity contribution in [3.8, 4) is 0 Å². The molecule has 0 unspecified atom stereocenters. The fourth-order valence-electron chi connectivity index (χ4n) is 2.96. The second kappa shape index (κ2) is 6.90. The molecule has 1 aliphatic rings. The zero-order valence-corrected chi connectivity index (χ0v) is 14.6. The van der Waals surface area contributed by atoms with Crippen LogP contribution >= 0.6 is 23.1 Å². The summed E-state index contributed by atoms with van der Waals surface area (Å²) in [4.78, 5) is 23.2. The van der Waals surface area contributed by atoms with Crippen molar-refractivity contribution in [2.45, 2.75) is 23.9 Å². The summed E-state index contributed by atoms with van der Waals surface area (Å²) >= 11 is 3.15. The Hall–Kier alpha value is -1.93. The van der Waals surface area contributed by atoms with Gasteiger partial charge in [0.15, 0.2) is 5.16 Å². The number of fused-ring (bicyclic) bond motifs is 1. The van der Waals surface area contributed by atoms with Crippen LogP contribution in [-0.2, 0) is 4.79 Å². The molecule has 1 N–H and O–H groups in total. The number of para-hydroxylation sites is 1. The zero-order chi connectivity index (χ0) is 16.4. The van der Waals surface area contributed by atoms with Gasteiger partial charge in [-0.25, -0.2) is 9.97 Å². The number of hydrogen-bond donors (Lipinski definition) is 1. The quantitative estimate of drug-likeness (QED) is 0.725. The average Bonchev–Trinajstić information content (AvgIpc) is 3.29. The van der Waals surface area contributed by atoms with Crippen LogP contribution in [0, 0.1) is 0 Å². The Kier molecular flexibility index (Phi) is 4.48. The minimum absolute atomic E-state index is 0.155. The van der Waals surface area contributed by atoms with Gasteiger partial charge in [0.05, 0.1) is 21.0 Å². The van der Waals surface area contributed by atoms with Gasteiger partial charge >= 0.3 is 0 Å². The van der Waals surface area contributed by atoms with E-state index in [1.54, 1.807) is 11.3 Å². The first-order chi connectivity index (χ1) is 11.8. The third-order valence-electron chi connectivity index (χ3n) is 4.16. The van der Waals surface area contributed by atoms with Crippen molar-refractivity contribution in [2.24, 2.45) is 0 Å². The van der Waals surface area contributed by atoms with Gasteiger partial charge in [-0.2, -0.15) is 5.10 Å². The molecule has 4 rings (SSSR count). The van der Waals surface area contributed by atoms with Crippen molar-refractivity contribution in [2.75, 3.05) is 18.8 Å². The van der Waals surface area contributed by atoms with Crippen molar-refractivity contribution in [1.82, 2.24) is 25.1 Å². The van der Waals surface area contributed by atoms with E-state index in [2.05, 4.69) is 27.3 Å². The lowest BCUT2D eigenvalue weighted by molar-refractivity contribution is -0.129. The molecule has 1 aliphatic heterocycles. The minimum atomic E-state index is 0.155. The van der Waals surface area contributed by atoms with Gasteiger partial charge < -0.3 is 4.90 Å². The molecule has 0 bridgehead atoms. The lowest BCUT2D eigenvalue weighted by atomic mass is 9.99. The van der Waals surface area contributed by atoms with Crippen LogP contribution in [-0.4, -0.2) is 49.8 Å². The van der Waals surface area contributed by atoms with Crippen LogP contribution in [0.3, 0.4) is 0 Å². The summed E-state index contributed by atoms with van der Waals surface area (Å²) in [6, 6.07) is 8.22. The Morgan fingerprint density at radius 1 is 1.42 bits per heavy atom. The van der Waals surface area contributed by atoms with E-state index in [1.807, 2.05) is 17.0 Å². The van der Waals surface area contributed by atoms with Gasteiger partial charge in [0.25, 0.3) is 0 Å². The van der Waals surface area contributed by atoms with Crippen LogP contribution in [0.2, 0.25) is 0 Å². The number of amides is 1. The molecule has 0 saturated carbocycles. The maximum Gasteiger partial charge on any atom is 0.233 e. The third kappa shape index (κ3) is 3.29. The van der Waals surface area contributed by atoms with Gasteiger partial charge in [-0.05, 0) is 25.0 Å². The van der Waals surface area contributed by atoms with Gasteiger partial charge in [-0.1, -0.05) is 23.9 Å². The van der Waals surface area contributed by atoms with E-state index >= 15 is 0 Å². The van der Waals surface area contributed by atoms with Crippen LogP contribution < -0.4 is 0 Å². The number of thioether (sulfide) groups is 1. The normalized spacial score (nSPS) is 18.2. The highest BCUT2D eigenvalue weighted by Gasteiger charge is 2.27. The lowest BCUT2D eigenvalue weighted by Gasteiger charge is -2.31. The molecule has 3 heterocycles. The van der Waals surface area contributed by atoms with Crippen molar-refractivity contribution in [3.63, 3.8) is 0 Å². The molecule has 2 aromatic heterocycles. The van der Waals surface area contributed by atoms with Gasteiger partial charge in [-0.15, -0.1) is 11.3 Å². The summed E-state index contributed by atoms with van der Waals surface area (Å²) in [5.74, 6) is 0.888. The Labute approximate surface area is 147 Å². The Balaban J connectivity index is 1.42. The lowest BCUT2D eigenvalue weighted by Crippen LogP contribution is -2.40. The monoisotopic (exact) mass is 359 g/mol. The van der Waals surface area contributed by atoms with Crippen molar-refractivity contribution >= 4 is 39.2 Å². The van der Waals surface area contributed by atoms with Crippen LogP contribution in [0.5, 0.6) is 0 Å². The molecule has 0 aliphatic carbocycles. The van der Waals surface area contributed by atoms with Gasteiger partial charge in [-0.3, -0.25) is 9.89 Å². The summed E-state index contributed by atoms with van der Waals surface area (Å²) in [5.41, 5.74) is 1.06. The maximum absolute atomic E-state index is 12.5. The molecule has 1 fully saturated rings. The van der Waals surface area contributed by atoms with Crippen LogP contribution in [0.25, 0.3) is 10.2 Å². The molecule has 1 saturated heterocycles. The van der Waals surface area contributed by atoms with Crippen molar-refractivity contribution in [3.05, 3.63) is 35.6 Å². The Morgan fingerprint density at radius 3 is 3.17 bits per heavy atom. The summed E-state index contributed by atoms with van der Waals surface area (Å²) in [6.07, 6.45) is 3.58. The van der Waals surface area contributed by atoms with Crippen LogP contribution in [0.15, 0.2) is 35.7 Å². The second-order valence-electron chi connectivity index (χ2n) is 5.78. The number of H-pyrrole nitrogens is 1. The number of aromatic amines is 1. The van der Waals surface area contributed by atoms with E-state index in [4.69, 9.17) is 4.98 Å². The zero-order valence-electron chi connectivity index (χ0n) is 13.0. The number of carbonyl (C=O) groups is 1. The van der Waals surface area contributed by atoms with Crippen molar-refractivity contribution in [1.29, 1.82) is 0 Å². The van der Waals surface area contributed by atoms with E-state index in [9.17, 15) is 4.79 Å². The summed E-state index contributed by atoms with van der Waals surface area (Å²) < 4.78 is 1.22. The fraction of sp³-hybridized carbons (Fsp3) is 0.375. The van der Waals surface area contributed by atoms with Crippen LogP contribution in [0.4, 0.5) is 0 Å². The minimum Gasteiger partial charge on any atom is -0.341 e. The predicted molar refractivity (Wildman–Crippen MR) is 95.3 cm³/mol. The first kappa shape index (κ1) is 15.6. The van der Waals surface area contributed by atoms with E-state index in [0.717, 1.165) is 36.5 Å². The number of likely N-dealkylation sites (tertiary alicyclic amines) is 1. The predicted octanol–water partition coefficient (Wildman–Crippen LogP) is 2.91. The number of carbonyl (C=O) groups excluding carboxylic acids is 1. The first-order valence-corrected chi connectivity index (χ1v) is 9.71. The van der Waals surface area contributed by atoms with Gasteiger partial charge in [0, 0.05) is 19.0 Å². The fourth-order valence-corrected chi connectivity index (χ4v) is 4.73. The molecule has 1 aromatic carbocycles. The molecule has 3 aromatic rings. The molecular weight excluding hydrogens is 342 g/mol. The van der Waals surface area contributed by atoms with Crippen molar-refractivity contribution < 1.29 is 4.79 Å². The largest absolute Gasteiger partial charge is 0.341 e. The van der Waals surface area contributed by atoms with E-state index in [1.165, 1.54) is 22.8 Å².